The van der Waals surface area contributed by atoms with Crippen LogP contribution >= 0.6 is 0 Å². The molecule has 2 aromatic rings. The third-order valence-corrected chi connectivity index (χ3v) is 7.73. The van der Waals surface area contributed by atoms with Crippen LogP contribution in [0.2, 0.25) is 0 Å². The number of nitrogens with one attached hydrogen (secondary N) is 1. The van der Waals surface area contributed by atoms with Gasteiger partial charge < -0.3 is 4.90 Å². The van der Waals surface area contributed by atoms with Crippen molar-refractivity contribution in [2.24, 2.45) is 5.10 Å². The average molecular weight is 461 g/mol. The number of rotatable bonds is 4. The highest BCUT2D eigenvalue weighted by atomic mass is 16.6. The predicted molar refractivity (Wildman–Crippen MR) is 126 cm³/mol. The molecule has 34 heavy (non-hydrogen) atoms. The van der Waals surface area contributed by atoms with E-state index in [0.29, 0.717) is 31.2 Å². The van der Waals surface area contributed by atoms with Gasteiger partial charge in [0.05, 0.1) is 27.3 Å². The van der Waals surface area contributed by atoms with Gasteiger partial charge in [0.25, 0.3) is 5.69 Å². The minimum atomic E-state index is -0.661. The van der Waals surface area contributed by atoms with Crippen molar-refractivity contribution in [1.82, 2.24) is 0 Å². The van der Waals surface area contributed by atoms with Crippen LogP contribution in [0.3, 0.4) is 0 Å². The molecule has 1 saturated carbocycles. The van der Waals surface area contributed by atoms with E-state index in [1.807, 2.05) is 0 Å². The highest BCUT2D eigenvalue weighted by Gasteiger charge is 2.45. The Morgan fingerprint density at radius 1 is 1.03 bits per heavy atom. The van der Waals surface area contributed by atoms with Gasteiger partial charge in [0.15, 0.2) is 5.78 Å². The second-order valence-corrected chi connectivity index (χ2v) is 9.43. The van der Waals surface area contributed by atoms with Crippen molar-refractivity contribution >= 4 is 34.2 Å². The van der Waals surface area contributed by atoms with Crippen LogP contribution in [0.1, 0.15) is 71.5 Å². The van der Waals surface area contributed by atoms with Gasteiger partial charge in [-0.2, -0.15) is 5.10 Å². The number of nitro groups is 2. The lowest BCUT2D eigenvalue weighted by Crippen LogP contribution is -2.40. The molecule has 2 aliphatic heterocycles. The summed E-state index contributed by atoms with van der Waals surface area (Å²) in [6.07, 6.45) is 6.52. The minimum absolute atomic E-state index is 0.0968. The maximum atomic E-state index is 12.7. The standard InChI is InChI=1S/C24H23N5O5/c30-22-8-6-15-16(22)12-17-14-3-1-2-4-20(14)27-10-9-19(23(15)24(17)27)26-25-18-7-5-13(28(31)32)11-21(18)29(33)34/h5,7,11-12,14,20,25H,1-4,6,8-10H2/b26-19+. The third-order valence-electron chi connectivity index (χ3n) is 7.73. The first-order valence-corrected chi connectivity index (χ1v) is 11.7. The number of nitrogens with zero attached hydrogens (tertiary/aromatic N) is 4. The maximum absolute atomic E-state index is 12.7. The number of Topliss-reactive ketones (excluding diaryl/α,β-unsaturated/α-hetero) is 1. The lowest BCUT2D eigenvalue weighted by Gasteiger charge is -2.36. The fraction of sp³-hybridized carbons (Fsp3) is 0.417. The number of ketones is 1. The van der Waals surface area contributed by atoms with Gasteiger partial charge in [0, 0.05) is 48.5 Å². The molecule has 174 valence electrons. The normalized spacial score (nSPS) is 23.5. The third kappa shape index (κ3) is 3.01. The molecule has 10 nitrogen and oxygen atoms in total. The zero-order chi connectivity index (χ0) is 23.6. The number of benzene rings is 2. The Labute approximate surface area is 194 Å². The van der Waals surface area contributed by atoms with E-state index in [4.69, 9.17) is 0 Å². The smallest absolute Gasteiger partial charge is 0.301 e. The SMILES string of the molecule is O=C1CCc2c1cc1c3c2/C(=N/Nc2ccc([N+](=O)[O-])cc2[N+](=O)[O-])CCN3C2CCCCC12. The van der Waals surface area contributed by atoms with Crippen molar-refractivity contribution in [1.29, 1.82) is 0 Å². The number of carbonyl (C=O) groups excluding carboxylic acids is 1. The highest BCUT2D eigenvalue weighted by Crippen LogP contribution is 2.53. The molecule has 0 radical (unpaired) electrons. The molecule has 2 aromatic carbocycles. The van der Waals surface area contributed by atoms with E-state index in [0.717, 1.165) is 47.9 Å². The van der Waals surface area contributed by atoms with E-state index in [1.54, 1.807) is 0 Å². The Kier molecular flexibility index (Phi) is 4.65. The molecular weight excluding hydrogens is 438 g/mol. The molecule has 2 atom stereocenters. The van der Waals surface area contributed by atoms with Gasteiger partial charge in [0.1, 0.15) is 5.69 Å². The van der Waals surface area contributed by atoms with E-state index in [9.17, 15) is 25.0 Å². The second-order valence-electron chi connectivity index (χ2n) is 9.43. The first-order chi connectivity index (χ1) is 16.4. The van der Waals surface area contributed by atoms with E-state index in [2.05, 4.69) is 21.5 Å². The summed E-state index contributed by atoms with van der Waals surface area (Å²) < 4.78 is 0. The number of hydrazone groups is 1. The van der Waals surface area contributed by atoms with Crippen molar-refractivity contribution in [2.45, 2.75) is 56.9 Å². The van der Waals surface area contributed by atoms with E-state index in [-0.39, 0.29) is 17.2 Å². The second kappa shape index (κ2) is 7.61. The number of hydrogen-bond acceptors (Lipinski definition) is 8. The maximum Gasteiger partial charge on any atom is 0.301 e. The van der Waals surface area contributed by atoms with Crippen molar-refractivity contribution in [3.8, 4) is 0 Å². The fourth-order valence-electron chi connectivity index (χ4n) is 6.28. The number of fused-ring (bicyclic) bond motifs is 5. The summed E-state index contributed by atoms with van der Waals surface area (Å²) in [5, 5.41) is 27.2. The van der Waals surface area contributed by atoms with Crippen LogP contribution in [0.15, 0.2) is 29.4 Å². The van der Waals surface area contributed by atoms with Crippen molar-refractivity contribution < 1.29 is 14.6 Å². The first kappa shape index (κ1) is 20.8. The van der Waals surface area contributed by atoms with Crippen LogP contribution in [-0.4, -0.2) is 33.9 Å². The molecule has 0 saturated heterocycles. The zero-order valence-electron chi connectivity index (χ0n) is 18.5. The zero-order valence-corrected chi connectivity index (χ0v) is 18.5. The molecule has 1 fully saturated rings. The largest absolute Gasteiger partial charge is 0.367 e. The number of carbonyl (C=O) groups is 1. The summed E-state index contributed by atoms with van der Waals surface area (Å²) in [6.45, 7) is 0.816. The summed E-state index contributed by atoms with van der Waals surface area (Å²) in [6, 6.07) is 6.06. The number of non-ortho nitro benzene ring substituents is 1. The van der Waals surface area contributed by atoms with Gasteiger partial charge in [-0.3, -0.25) is 30.4 Å². The van der Waals surface area contributed by atoms with Crippen LogP contribution in [0, 0.1) is 20.2 Å². The van der Waals surface area contributed by atoms with Crippen LogP contribution in [0.25, 0.3) is 0 Å². The quantitative estimate of drug-likeness (QED) is 0.516. The Morgan fingerprint density at radius 3 is 2.65 bits per heavy atom. The van der Waals surface area contributed by atoms with Gasteiger partial charge in [-0.05, 0) is 42.5 Å². The molecule has 0 amide bonds. The summed E-state index contributed by atoms with van der Waals surface area (Å²) in [5.74, 6) is 0.605. The van der Waals surface area contributed by atoms with Gasteiger partial charge in [-0.25, -0.2) is 0 Å². The lowest BCUT2D eigenvalue weighted by atomic mass is 9.81. The Bertz CT molecular complexity index is 1300. The summed E-state index contributed by atoms with van der Waals surface area (Å²) >= 11 is 0. The van der Waals surface area contributed by atoms with Gasteiger partial charge in [-0.15, -0.1) is 0 Å². The average Bonchev–Trinajstić information content (AvgIpc) is 3.37. The first-order valence-electron chi connectivity index (χ1n) is 11.7. The molecule has 2 aliphatic carbocycles. The molecular formula is C24H23N5O5. The number of hydrogen-bond donors (Lipinski definition) is 1. The van der Waals surface area contributed by atoms with Crippen LogP contribution in [-0.2, 0) is 6.42 Å². The molecule has 0 spiro atoms. The number of anilines is 2. The van der Waals surface area contributed by atoms with Crippen molar-refractivity contribution in [3.05, 3.63) is 66.7 Å². The van der Waals surface area contributed by atoms with Crippen LogP contribution in [0.4, 0.5) is 22.7 Å². The molecule has 0 bridgehead atoms. The van der Waals surface area contributed by atoms with Gasteiger partial charge in [0.2, 0.25) is 0 Å². The Balaban J connectivity index is 1.45. The van der Waals surface area contributed by atoms with E-state index >= 15 is 0 Å². The number of nitro benzene ring substituents is 2. The highest BCUT2D eigenvalue weighted by molar-refractivity contribution is 6.14. The molecule has 2 heterocycles. The van der Waals surface area contributed by atoms with Crippen molar-refractivity contribution in [2.75, 3.05) is 16.9 Å². The van der Waals surface area contributed by atoms with Gasteiger partial charge in [-0.1, -0.05) is 12.8 Å². The van der Waals surface area contributed by atoms with Crippen LogP contribution < -0.4 is 10.3 Å². The molecule has 0 aromatic heterocycles. The topological polar surface area (TPSA) is 131 Å². The summed E-state index contributed by atoms with van der Waals surface area (Å²) in [5.41, 5.74) is 8.23. The fourth-order valence-corrected chi connectivity index (χ4v) is 6.28. The van der Waals surface area contributed by atoms with Crippen LogP contribution in [0.5, 0.6) is 0 Å². The molecule has 1 N–H and O–H groups in total. The predicted octanol–water partition coefficient (Wildman–Crippen LogP) is 4.70. The van der Waals surface area contributed by atoms with E-state index < -0.39 is 15.5 Å². The lowest BCUT2D eigenvalue weighted by molar-refractivity contribution is -0.393. The monoisotopic (exact) mass is 461 g/mol. The minimum Gasteiger partial charge on any atom is -0.367 e. The van der Waals surface area contributed by atoms with Gasteiger partial charge >= 0.3 is 5.69 Å². The molecule has 4 aliphatic rings. The Hall–Kier alpha value is -3.82. The molecule has 2 unspecified atom stereocenters. The molecule has 6 rings (SSSR count). The van der Waals surface area contributed by atoms with E-state index in [1.165, 1.54) is 36.2 Å². The summed E-state index contributed by atoms with van der Waals surface area (Å²) in [4.78, 5) is 36.4. The Morgan fingerprint density at radius 2 is 1.85 bits per heavy atom. The van der Waals surface area contributed by atoms with Crippen molar-refractivity contribution in [3.63, 3.8) is 0 Å². The molecule has 10 heteroatoms. The summed E-state index contributed by atoms with van der Waals surface area (Å²) in [7, 11) is 0.